The van der Waals surface area contributed by atoms with Crippen LogP contribution in [-0.4, -0.2) is 22.3 Å². The van der Waals surface area contributed by atoms with E-state index >= 15 is 0 Å². The molecule has 2 N–H and O–H groups in total. The Kier molecular flexibility index (Phi) is 5.00. The largest absolute Gasteiger partial charge is 0.497 e. The molecule has 0 radical (unpaired) electrons. The van der Waals surface area contributed by atoms with Gasteiger partial charge in [0.25, 0.3) is 0 Å². The van der Waals surface area contributed by atoms with Crippen molar-refractivity contribution in [1.82, 2.24) is 15.2 Å². The Morgan fingerprint density at radius 3 is 2.68 bits per heavy atom. The van der Waals surface area contributed by atoms with Gasteiger partial charge >= 0.3 is 0 Å². The highest BCUT2D eigenvalue weighted by Crippen LogP contribution is 2.29. The summed E-state index contributed by atoms with van der Waals surface area (Å²) in [5, 5.41) is 14.9. The van der Waals surface area contributed by atoms with Crippen LogP contribution in [0.2, 0.25) is 5.02 Å². The van der Waals surface area contributed by atoms with Gasteiger partial charge in [-0.15, -0.1) is 5.10 Å². The van der Waals surface area contributed by atoms with Crippen LogP contribution in [0, 0.1) is 13.8 Å². The number of hydrogen-bond donors (Lipinski definition) is 2. The van der Waals surface area contributed by atoms with Gasteiger partial charge in [0.05, 0.1) is 24.0 Å². The van der Waals surface area contributed by atoms with Crippen molar-refractivity contribution in [3.05, 3.63) is 58.7 Å². The predicted octanol–water partition coefficient (Wildman–Crippen LogP) is 4.64. The van der Waals surface area contributed by atoms with Gasteiger partial charge in [-0.2, -0.15) is 10.1 Å². The lowest BCUT2D eigenvalue weighted by Crippen LogP contribution is -2.04. The van der Waals surface area contributed by atoms with Crippen LogP contribution in [0.4, 0.5) is 23.1 Å². The lowest BCUT2D eigenvalue weighted by molar-refractivity contribution is 0.415. The summed E-state index contributed by atoms with van der Waals surface area (Å²) in [6.45, 7) is 3.98. The molecule has 0 aliphatic heterocycles. The Balaban J connectivity index is 1.82. The summed E-state index contributed by atoms with van der Waals surface area (Å²) in [5.41, 5.74) is 3.73. The van der Waals surface area contributed by atoms with E-state index in [4.69, 9.17) is 16.3 Å². The smallest absolute Gasteiger partial charge is 0.249 e. The quantitative estimate of drug-likeness (QED) is 0.694. The summed E-state index contributed by atoms with van der Waals surface area (Å²) in [6.07, 6.45) is 1.55. The fourth-order valence-corrected chi connectivity index (χ4v) is 2.82. The monoisotopic (exact) mass is 355 g/mol. The Hall–Kier alpha value is -2.86. The van der Waals surface area contributed by atoms with E-state index in [1.807, 2.05) is 50.2 Å². The third-order valence-corrected chi connectivity index (χ3v) is 3.87. The van der Waals surface area contributed by atoms with Crippen LogP contribution in [0.1, 0.15) is 11.1 Å². The second-order valence-electron chi connectivity index (χ2n) is 5.59. The molecule has 0 bridgehead atoms. The molecule has 1 heterocycles. The molecule has 3 aromatic rings. The van der Waals surface area contributed by atoms with E-state index in [-0.39, 0.29) is 0 Å². The third-order valence-electron chi connectivity index (χ3n) is 3.57. The number of hydrogen-bond acceptors (Lipinski definition) is 6. The minimum absolute atomic E-state index is 0.363. The fraction of sp³-hybridized carbons (Fsp3) is 0.167. The minimum atomic E-state index is 0.363. The van der Waals surface area contributed by atoms with Gasteiger partial charge in [0.1, 0.15) is 5.75 Å². The van der Waals surface area contributed by atoms with Crippen LogP contribution in [-0.2, 0) is 0 Å². The molecule has 0 unspecified atom stereocenters. The number of anilines is 4. The van der Waals surface area contributed by atoms with Crippen molar-refractivity contribution in [1.29, 1.82) is 0 Å². The molecule has 0 aliphatic carbocycles. The Labute approximate surface area is 151 Å². The summed E-state index contributed by atoms with van der Waals surface area (Å²) >= 11 is 6.32. The van der Waals surface area contributed by atoms with Crippen molar-refractivity contribution in [3.63, 3.8) is 0 Å². The van der Waals surface area contributed by atoms with Crippen LogP contribution in [0.15, 0.2) is 42.6 Å². The van der Waals surface area contributed by atoms with Crippen LogP contribution in [0.5, 0.6) is 5.75 Å². The number of halogens is 1. The molecule has 7 heteroatoms. The second-order valence-corrected chi connectivity index (χ2v) is 5.99. The van der Waals surface area contributed by atoms with Crippen LogP contribution in [0.25, 0.3) is 0 Å². The van der Waals surface area contributed by atoms with Crippen LogP contribution < -0.4 is 15.4 Å². The summed E-state index contributed by atoms with van der Waals surface area (Å²) in [4.78, 5) is 4.43. The zero-order valence-corrected chi connectivity index (χ0v) is 14.9. The van der Waals surface area contributed by atoms with Crippen LogP contribution >= 0.6 is 11.6 Å². The van der Waals surface area contributed by atoms with Gasteiger partial charge in [0, 0.05) is 11.8 Å². The van der Waals surface area contributed by atoms with Gasteiger partial charge in [-0.05, 0) is 43.2 Å². The standard InChI is InChI=1S/C18H18ClN5O/c1-11-7-12(2)17(15(19)8-11)23-18-22-16(10-20-24-18)21-13-5-4-6-14(9-13)25-3/h4-10H,1-3H3,(H2,21,22,23,24). The molecule has 0 atom stereocenters. The van der Waals surface area contributed by atoms with Gasteiger partial charge in [-0.25, -0.2) is 0 Å². The van der Waals surface area contributed by atoms with Gasteiger partial charge in [-0.3, -0.25) is 0 Å². The lowest BCUT2D eigenvalue weighted by atomic mass is 10.1. The summed E-state index contributed by atoms with van der Waals surface area (Å²) in [5.74, 6) is 1.68. The topological polar surface area (TPSA) is 72.0 Å². The first kappa shape index (κ1) is 17.0. The van der Waals surface area contributed by atoms with E-state index in [0.717, 1.165) is 28.3 Å². The molecule has 0 aliphatic rings. The lowest BCUT2D eigenvalue weighted by Gasteiger charge is -2.12. The second kappa shape index (κ2) is 7.36. The Morgan fingerprint density at radius 1 is 1.08 bits per heavy atom. The number of nitrogens with one attached hydrogen (secondary N) is 2. The Bertz CT molecular complexity index is 877. The van der Waals surface area contributed by atoms with Gasteiger partial charge in [0.2, 0.25) is 5.95 Å². The molecule has 2 aromatic carbocycles. The predicted molar refractivity (Wildman–Crippen MR) is 100 cm³/mol. The van der Waals surface area contributed by atoms with Gasteiger partial charge < -0.3 is 15.4 Å². The number of aryl methyl sites for hydroxylation is 2. The minimum Gasteiger partial charge on any atom is -0.497 e. The first-order valence-electron chi connectivity index (χ1n) is 7.70. The normalized spacial score (nSPS) is 10.4. The highest BCUT2D eigenvalue weighted by Gasteiger charge is 2.09. The van der Waals surface area contributed by atoms with Crippen molar-refractivity contribution < 1.29 is 4.74 Å². The maximum atomic E-state index is 6.32. The van der Waals surface area contributed by atoms with Crippen molar-refractivity contribution >= 4 is 34.7 Å². The fourth-order valence-electron chi connectivity index (χ4n) is 2.45. The molecule has 0 saturated carbocycles. The molecular formula is C18H18ClN5O. The first-order chi connectivity index (χ1) is 12.0. The zero-order valence-electron chi connectivity index (χ0n) is 14.2. The number of nitrogens with zero attached hydrogens (tertiary/aromatic N) is 3. The average Bonchev–Trinajstić information content (AvgIpc) is 2.58. The molecule has 0 saturated heterocycles. The van der Waals surface area contributed by atoms with Crippen molar-refractivity contribution in [2.45, 2.75) is 13.8 Å². The highest BCUT2D eigenvalue weighted by atomic mass is 35.5. The number of methoxy groups -OCH3 is 1. The maximum Gasteiger partial charge on any atom is 0.249 e. The summed E-state index contributed by atoms with van der Waals surface area (Å²) in [6, 6.07) is 11.5. The number of rotatable bonds is 5. The number of ether oxygens (including phenoxy) is 1. The van der Waals surface area contributed by atoms with E-state index in [0.29, 0.717) is 16.8 Å². The van der Waals surface area contributed by atoms with E-state index in [2.05, 4.69) is 25.8 Å². The van der Waals surface area contributed by atoms with Crippen molar-refractivity contribution in [2.75, 3.05) is 17.7 Å². The molecule has 25 heavy (non-hydrogen) atoms. The number of benzene rings is 2. The Morgan fingerprint density at radius 2 is 1.92 bits per heavy atom. The average molecular weight is 356 g/mol. The summed E-state index contributed by atoms with van der Waals surface area (Å²) in [7, 11) is 1.63. The van der Waals surface area contributed by atoms with Crippen LogP contribution in [0.3, 0.4) is 0 Å². The zero-order chi connectivity index (χ0) is 17.8. The van der Waals surface area contributed by atoms with Crippen molar-refractivity contribution in [2.24, 2.45) is 0 Å². The van der Waals surface area contributed by atoms with Gasteiger partial charge in [-0.1, -0.05) is 23.7 Å². The molecule has 128 valence electrons. The highest BCUT2D eigenvalue weighted by molar-refractivity contribution is 6.33. The SMILES string of the molecule is COc1cccc(Nc2cnnc(Nc3c(C)cc(C)cc3Cl)n2)c1. The molecule has 3 rings (SSSR count). The molecular weight excluding hydrogens is 338 g/mol. The van der Waals surface area contributed by atoms with E-state index in [9.17, 15) is 0 Å². The molecule has 0 spiro atoms. The van der Waals surface area contributed by atoms with Gasteiger partial charge in [0.15, 0.2) is 5.82 Å². The summed E-state index contributed by atoms with van der Waals surface area (Å²) < 4.78 is 5.22. The third kappa shape index (κ3) is 4.16. The maximum absolute atomic E-state index is 6.32. The molecule has 6 nitrogen and oxygen atoms in total. The number of aromatic nitrogens is 3. The van der Waals surface area contributed by atoms with E-state index in [1.165, 1.54) is 0 Å². The molecule has 0 fully saturated rings. The van der Waals surface area contributed by atoms with Crippen molar-refractivity contribution in [3.8, 4) is 5.75 Å². The molecule has 1 aromatic heterocycles. The van der Waals surface area contributed by atoms with E-state index in [1.54, 1.807) is 13.3 Å². The first-order valence-corrected chi connectivity index (χ1v) is 8.07. The molecule has 0 amide bonds. The van der Waals surface area contributed by atoms with E-state index < -0.39 is 0 Å².